The van der Waals surface area contributed by atoms with Crippen LogP contribution in [-0.4, -0.2) is 47.6 Å². The molecule has 21 heavy (non-hydrogen) atoms. The maximum atomic E-state index is 12.5. The number of carbonyl (C=O) groups excluding carboxylic acids is 1. The molecule has 1 amide bonds. The minimum absolute atomic E-state index is 0.0836. The van der Waals surface area contributed by atoms with Crippen molar-refractivity contribution in [2.45, 2.75) is 63.3 Å². The highest BCUT2D eigenvalue weighted by Crippen LogP contribution is 2.36. The van der Waals surface area contributed by atoms with Crippen LogP contribution in [0.25, 0.3) is 0 Å². The standard InChI is InChI=1S/C16H28N2O3/c1-18(14(19)6-5-13-7-10-17-12-13)16(11-15(20)21)8-3-2-4-9-16/h13,17H,2-12H2,1H3,(H,20,21). The summed E-state index contributed by atoms with van der Waals surface area (Å²) in [5.74, 6) is -0.0780. The van der Waals surface area contributed by atoms with Crippen molar-refractivity contribution in [3.8, 4) is 0 Å². The number of carbonyl (C=O) groups is 2. The van der Waals surface area contributed by atoms with Gasteiger partial charge in [-0.2, -0.15) is 0 Å². The van der Waals surface area contributed by atoms with Gasteiger partial charge >= 0.3 is 5.97 Å². The number of carboxylic acids is 1. The molecule has 1 atom stereocenters. The molecule has 2 fully saturated rings. The maximum Gasteiger partial charge on any atom is 0.305 e. The Bertz CT molecular complexity index is 372. The average Bonchev–Trinajstić information content (AvgIpc) is 2.97. The van der Waals surface area contributed by atoms with Gasteiger partial charge in [0.15, 0.2) is 0 Å². The molecule has 1 aliphatic heterocycles. The lowest BCUT2D eigenvalue weighted by atomic mass is 9.78. The molecular weight excluding hydrogens is 268 g/mol. The third kappa shape index (κ3) is 4.19. The molecule has 1 saturated heterocycles. The molecule has 0 radical (unpaired) electrons. The Kier molecular flexibility index (Phi) is 5.62. The Balaban J connectivity index is 1.93. The Morgan fingerprint density at radius 3 is 2.57 bits per heavy atom. The van der Waals surface area contributed by atoms with Crippen molar-refractivity contribution in [1.29, 1.82) is 0 Å². The van der Waals surface area contributed by atoms with Crippen LogP contribution in [0.5, 0.6) is 0 Å². The molecule has 2 rings (SSSR count). The quantitative estimate of drug-likeness (QED) is 0.786. The highest BCUT2D eigenvalue weighted by atomic mass is 16.4. The van der Waals surface area contributed by atoms with Crippen LogP contribution in [0.2, 0.25) is 0 Å². The molecule has 0 aromatic rings. The van der Waals surface area contributed by atoms with Gasteiger partial charge < -0.3 is 15.3 Å². The lowest BCUT2D eigenvalue weighted by Crippen LogP contribution is -2.52. The van der Waals surface area contributed by atoms with Crippen molar-refractivity contribution in [2.75, 3.05) is 20.1 Å². The van der Waals surface area contributed by atoms with E-state index in [0.29, 0.717) is 12.3 Å². The van der Waals surface area contributed by atoms with E-state index >= 15 is 0 Å². The van der Waals surface area contributed by atoms with Gasteiger partial charge in [0.2, 0.25) is 5.91 Å². The molecule has 0 aromatic heterocycles. The number of aliphatic carboxylic acids is 1. The van der Waals surface area contributed by atoms with E-state index in [-0.39, 0.29) is 12.3 Å². The first-order valence-electron chi connectivity index (χ1n) is 8.23. The molecular formula is C16H28N2O3. The second kappa shape index (κ2) is 7.25. The SMILES string of the molecule is CN(C(=O)CCC1CCNC1)C1(CC(=O)O)CCCCC1. The zero-order valence-electron chi connectivity index (χ0n) is 13.1. The van der Waals surface area contributed by atoms with Crippen LogP contribution >= 0.6 is 0 Å². The van der Waals surface area contributed by atoms with Crippen LogP contribution in [-0.2, 0) is 9.59 Å². The van der Waals surface area contributed by atoms with Crippen molar-refractivity contribution >= 4 is 11.9 Å². The fourth-order valence-electron chi connectivity index (χ4n) is 3.84. The van der Waals surface area contributed by atoms with Gasteiger partial charge in [0.05, 0.1) is 12.0 Å². The zero-order valence-corrected chi connectivity index (χ0v) is 13.1. The monoisotopic (exact) mass is 296 g/mol. The molecule has 2 aliphatic rings. The van der Waals surface area contributed by atoms with Crippen molar-refractivity contribution in [3.63, 3.8) is 0 Å². The molecule has 1 unspecified atom stereocenters. The van der Waals surface area contributed by atoms with E-state index in [2.05, 4.69) is 5.32 Å². The number of hydrogen-bond donors (Lipinski definition) is 2. The van der Waals surface area contributed by atoms with Gasteiger partial charge in [0.1, 0.15) is 0 Å². The van der Waals surface area contributed by atoms with Crippen LogP contribution in [0, 0.1) is 5.92 Å². The normalized spacial score (nSPS) is 24.7. The molecule has 5 nitrogen and oxygen atoms in total. The largest absolute Gasteiger partial charge is 0.481 e. The summed E-state index contributed by atoms with van der Waals surface area (Å²) >= 11 is 0. The van der Waals surface area contributed by atoms with Gasteiger partial charge in [-0.15, -0.1) is 0 Å². The molecule has 0 bridgehead atoms. The first-order chi connectivity index (χ1) is 10.0. The summed E-state index contributed by atoms with van der Waals surface area (Å²) in [6.45, 7) is 2.06. The Morgan fingerprint density at radius 2 is 2.00 bits per heavy atom. The summed E-state index contributed by atoms with van der Waals surface area (Å²) in [4.78, 5) is 25.5. The van der Waals surface area contributed by atoms with E-state index in [1.807, 2.05) is 7.05 Å². The summed E-state index contributed by atoms with van der Waals surface area (Å²) in [5.41, 5.74) is -0.449. The van der Waals surface area contributed by atoms with Crippen LogP contribution in [0.3, 0.4) is 0 Å². The van der Waals surface area contributed by atoms with Gasteiger partial charge in [-0.3, -0.25) is 9.59 Å². The lowest BCUT2D eigenvalue weighted by Gasteiger charge is -2.44. The second-order valence-corrected chi connectivity index (χ2v) is 6.71. The topological polar surface area (TPSA) is 69.6 Å². The third-order valence-electron chi connectivity index (χ3n) is 5.28. The van der Waals surface area contributed by atoms with Gasteiger partial charge in [0, 0.05) is 13.5 Å². The van der Waals surface area contributed by atoms with Crippen LogP contribution in [0.4, 0.5) is 0 Å². The van der Waals surface area contributed by atoms with E-state index < -0.39 is 11.5 Å². The molecule has 1 aliphatic carbocycles. The van der Waals surface area contributed by atoms with Crippen LogP contribution in [0.1, 0.15) is 57.8 Å². The minimum Gasteiger partial charge on any atom is -0.481 e. The number of nitrogens with one attached hydrogen (secondary N) is 1. The van der Waals surface area contributed by atoms with Gasteiger partial charge in [-0.25, -0.2) is 0 Å². The van der Waals surface area contributed by atoms with E-state index in [0.717, 1.165) is 58.0 Å². The molecule has 2 N–H and O–H groups in total. The van der Waals surface area contributed by atoms with Crippen molar-refractivity contribution in [3.05, 3.63) is 0 Å². The fourth-order valence-corrected chi connectivity index (χ4v) is 3.84. The molecule has 0 aromatic carbocycles. The highest BCUT2D eigenvalue weighted by molar-refractivity contribution is 5.78. The Hall–Kier alpha value is -1.10. The number of amides is 1. The smallest absolute Gasteiger partial charge is 0.305 e. The third-order valence-corrected chi connectivity index (χ3v) is 5.28. The number of nitrogens with zero attached hydrogens (tertiary/aromatic N) is 1. The number of carboxylic acid groups (broad SMARTS) is 1. The zero-order chi connectivity index (χ0) is 15.3. The van der Waals surface area contributed by atoms with Crippen molar-refractivity contribution in [1.82, 2.24) is 10.2 Å². The summed E-state index contributed by atoms with van der Waals surface area (Å²) in [5, 5.41) is 12.5. The molecule has 1 saturated carbocycles. The molecule has 0 spiro atoms. The second-order valence-electron chi connectivity index (χ2n) is 6.71. The maximum absolute atomic E-state index is 12.5. The van der Waals surface area contributed by atoms with E-state index in [4.69, 9.17) is 0 Å². The first-order valence-corrected chi connectivity index (χ1v) is 8.23. The van der Waals surface area contributed by atoms with Gasteiger partial charge in [0.25, 0.3) is 0 Å². The Morgan fingerprint density at radius 1 is 1.29 bits per heavy atom. The molecule has 5 heteroatoms. The van der Waals surface area contributed by atoms with Crippen molar-refractivity contribution < 1.29 is 14.7 Å². The number of rotatable bonds is 6. The van der Waals surface area contributed by atoms with E-state index in [1.54, 1.807) is 4.90 Å². The predicted molar refractivity (Wildman–Crippen MR) is 81.0 cm³/mol. The van der Waals surface area contributed by atoms with E-state index in [1.165, 1.54) is 0 Å². The molecule has 120 valence electrons. The number of hydrogen-bond acceptors (Lipinski definition) is 3. The average molecular weight is 296 g/mol. The summed E-state index contributed by atoms with van der Waals surface area (Å²) in [6, 6.07) is 0. The van der Waals surface area contributed by atoms with Gasteiger partial charge in [-0.05, 0) is 44.7 Å². The van der Waals surface area contributed by atoms with E-state index in [9.17, 15) is 14.7 Å². The summed E-state index contributed by atoms with van der Waals surface area (Å²) in [7, 11) is 1.81. The summed E-state index contributed by atoms with van der Waals surface area (Å²) in [6.07, 6.45) is 7.55. The van der Waals surface area contributed by atoms with Crippen LogP contribution < -0.4 is 5.32 Å². The van der Waals surface area contributed by atoms with Crippen molar-refractivity contribution in [2.24, 2.45) is 5.92 Å². The molecule has 1 heterocycles. The minimum atomic E-state index is -0.795. The highest BCUT2D eigenvalue weighted by Gasteiger charge is 2.40. The lowest BCUT2D eigenvalue weighted by molar-refractivity contribution is -0.146. The summed E-state index contributed by atoms with van der Waals surface area (Å²) < 4.78 is 0. The first kappa shape index (κ1) is 16.3. The Labute approximate surface area is 127 Å². The fraction of sp³-hybridized carbons (Fsp3) is 0.875. The predicted octanol–water partition coefficient (Wildman–Crippen LogP) is 2.01. The van der Waals surface area contributed by atoms with Crippen LogP contribution in [0.15, 0.2) is 0 Å². The van der Waals surface area contributed by atoms with Gasteiger partial charge in [-0.1, -0.05) is 19.3 Å².